The maximum atomic E-state index is 12.7. The lowest BCUT2D eigenvalue weighted by atomic mass is 10.1. The Morgan fingerprint density at radius 1 is 1.30 bits per heavy atom. The van der Waals surface area contributed by atoms with E-state index in [1.165, 1.54) is 6.07 Å². The first-order valence-corrected chi connectivity index (χ1v) is 9.64. The quantitative estimate of drug-likeness (QED) is 0.715. The zero-order valence-corrected chi connectivity index (χ0v) is 16.6. The Balaban J connectivity index is 1.89. The summed E-state index contributed by atoms with van der Waals surface area (Å²) in [5.41, 5.74) is -0.611. The molecule has 3 rings (SSSR count). The number of alkyl halides is 3. The van der Waals surface area contributed by atoms with Crippen LogP contribution < -0.4 is 10.9 Å². The molecule has 0 saturated heterocycles. The van der Waals surface area contributed by atoms with E-state index in [-0.39, 0.29) is 24.4 Å². The van der Waals surface area contributed by atoms with Crippen LogP contribution >= 0.6 is 11.6 Å². The summed E-state index contributed by atoms with van der Waals surface area (Å²) in [5, 5.41) is 12.2. The number of hydrogen-bond acceptors (Lipinski definition) is 4. The van der Waals surface area contributed by atoms with E-state index in [1.54, 1.807) is 24.3 Å². The zero-order chi connectivity index (χ0) is 21.9. The van der Waals surface area contributed by atoms with Gasteiger partial charge >= 0.3 is 6.18 Å². The summed E-state index contributed by atoms with van der Waals surface area (Å²) in [6.45, 7) is -0.419. The number of nitrogens with zero attached hydrogens (tertiary/aromatic N) is 3. The number of carbonyl (C=O) groups is 1. The summed E-state index contributed by atoms with van der Waals surface area (Å²) in [5.74, 6) is -0.483. The molecule has 1 aromatic carbocycles. The molecular formula is C20H18ClF3N4O2. The molecule has 0 bridgehead atoms. The number of nitrogens with one attached hydrogen (secondary N) is 1. The smallest absolute Gasteiger partial charge is 0.336 e. The Hall–Kier alpha value is -2.86. The van der Waals surface area contributed by atoms with Crippen molar-refractivity contribution in [1.29, 1.82) is 5.26 Å². The van der Waals surface area contributed by atoms with Gasteiger partial charge in [0.25, 0.3) is 5.56 Å². The number of halogens is 4. The molecule has 1 heterocycles. The molecular weight excluding hydrogens is 421 g/mol. The highest BCUT2D eigenvalue weighted by atomic mass is 35.5. The first kappa shape index (κ1) is 21.8. The molecule has 1 amide bonds. The second kappa shape index (κ2) is 8.48. The van der Waals surface area contributed by atoms with Crippen molar-refractivity contribution in [3.05, 3.63) is 51.5 Å². The molecule has 1 aliphatic rings. The fourth-order valence-corrected chi connectivity index (χ4v) is 3.10. The van der Waals surface area contributed by atoms with Crippen molar-refractivity contribution in [3.8, 4) is 17.3 Å². The van der Waals surface area contributed by atoms with E-state index in [0.29, 0.717) is 23.4 Å². The molecule has 158 valence electrons. The van der Waals surface area contributed by atoms with Crippen LogP contribution in [-0.2, 0) is 17.8 Å². The van der Waals surface area contributed by atoms with Gasteiger partial charge in [0.15, 0.2) is 0 Å². The van der Waals surface area contributed by atoms with Crippen molar-refractivity contribution in [2.24, 2.45) is 0 Å². The summed E-state index contributed by atoms with van der Waals surface area (Å²) in [6.07, 6.45) is -4.72. The summed E-state index contributed by atoms with van der Waals surface area (Å²) in [7, 11) is 0. The van der Waals surface area contributed by atoms with Gasteiger partial charge in [-0.15, -0.1) is 0 Å². The van der Waals surface area contributed by atoms with Gasteiger partial charge in [0, 0.05) is 29.5 Å². The lowest BCUT2D eigenvalue weighted by Gasteiger charge is -2.15. The second-order valence-electron chi connectivity index (χ2n) is 7.20. The summed E-state index contributed by atoms with van der Waals surface area (Å²) >= 11 is 5.87. The predicted molar refractivity (Wildman–Crippen MR) is 104 cm³/mol. The van der Waals surface area contributed by atoms with Gasteiger partial charge in [-0.3, -0.25) is 14.2 Å². The van der Waals surface area contributed by atoms with Crippen LogP contribution in [0.15, 0.2) is 35.1 Å². The van der Waals surface area contributed by atoms with E-state index in [4.69, 9.17) is 16.9 Å². The molecule has 0 atom stereocenters. The van der Waals surface area contributed by atoms with E-state index < -0.39 is 36.1 Å². The van der Waals surface area contributed by atoms with Crippen LogP contribution in [-0.4, -0.2) is 27.2 Å². The Morgan fingerprint density at radius 3 is 2.53 bits per heavy atom. The highest BCUT2D eigenvalue weighted by Gasteiger charge is 2.44. The minimum absolute atomic E-state index is 0.0775. The van der Waals surface area contributed by atoms with Crippen LogP contribution in [0.2, 0.25) is 5.02 Å². The molecule has 0 spiro atoms. The maximum Gasteiger partial charge on any atom is 0.389 e. The number of aromatic nitrogens is 2. The molecule has 6 nitrogen and oxygen atoms in total. The van der Waals surface area contributed by atoms with Crippen molar-refractivity contribution in [3.63, 3.8) is 0 Å². The van der Waals surface area contributed by atoms with Crippen molar-refractivity contribution in [1.82, 2.24) is 14.9 Å². The maximum absolute atomic E-state index is 12.7. The van der Waals surface area contributed by atoms with Crippen LogP contribution in [0.5, 0.6) is 0 Å². The normalized spacial score (nSPS) is 14.8. The summed E-state index contributed by atoms with van der Waals surface area (Å²) < 4.78 is 38.8. The zero-order valence-electron chi connectivity index (χ0n) is 15.8. The lowest BCUT2D eigenvalue weighted by Crippen LogP contribution is -2.40. The average molecular weight is 439 g/mol. The van der Waals surface area contributed by atoms with Crippen LogP contribution in [0.4, 0.5) is 13.2 Å². The van der Waals surface area contributed by atoms with Gasteiger partial charge in [0.1, 0.15) is 17.9 Å². The first-order chi connectivity index (χ1) is 14.1. The summed E-state index contributed by atoms with van der Waals surface area (Å²) in [6, 6.07) is 9.74. The molecule has 0 radical (unpaired) electrons. The molecule has 1 N–H and O–H groups in total. The molecule has 1 saturated carbocycles. The third-order valence-electron chi connectivity index (χ3n) is 4.73. The number of carbonyl (C=O) groups excluding carboxylic acids is 1. The number of amides is 1. The van der Waals surface area contributed by atoms with Gasteiger partial charge in [-0.05, 0) is 31.4 Å². The van der Waals surface area contributed by atoms with Crippen LogP contribution in [0.1, 0.15) is 31.5 Å². The van der Waals surface area contributed by atoms with Crippen LogP contribution in [0, 0.1) is 11.3 Å². The van der Waals surface area contributed by atoms with E-state index in [0.717, 1.165) is 4.57 Å². The molecule has 1 aromatic heterocycles. The molecule has 1 fully saturated rings. The van der Waals surface area contributed by atoms with Gasteiger partial charge < -0.3 is 5.32 Å². The Bertz CT molecular complexity index is 1040. The van der Waals surface area contributed by atoms with Gasteiger partial charge in [-0.2, -0.15) is 18.4 Å². The monoisotopic (exact) mass is 438 g/mol. The van der Waals surface area contributed by atoms with Gasteiger partial charge in [0.2, 0.25) is 5.91 Å². The lowest BCUT2D eigenvalue weighted by molar-refractivity contribution is -0.135. The van der Waals surface area contributed by atoms with Crippen LogP contribution in [0.25, 0.3) is 11.3 Å². The van der Waals surface area contributed by atoms with E-state index in [9.17, 15) is 22.8 Å². The Morgan fingerprint density at radius 2 is 1.97 bits per heavy atom. The van der Waals surface area contributed by atoms with Gasteiger partial charge in [-0.1, -0.05) is 23.7 Å². The average Bonchev–Trinajstić information content (AvgIpc) is 3.43. The fourth-order valence-electron chi connectivity index (χ4n) is 2.97. The van der Waals surface area contributed by atoms with Crippen molar-refractivity contribution in [2.45, 2.75) is 50.4 Å². The third kappa shape index (κ3) is 5.60. The first-order valence-electron chi connectivity index (χ1n) is 9.26. The Kier molecular flexibility index (Phi) is 6.17. The number of benzene rings is 1. The molecule has 2 aromatic rings. The minimum atomic E-state index is -4.33. The molecule has 30 heavy (non-hydrogen) atoms. The molecule has 0 aliphatic heterocycles. The molecule has 1 aliphatic carbocycles. The predicted octanol–water partition coefficient (Wildman–Crippen LogP) is 3.62. The summed E-state index contributed by atoms with van der Waals surface area (Å²) in [4.78, 5) is 29.3. The largest absolute Gasteiger partial charge is 0.389 e. The highest BCUT2D eigenvalue weighted by molar-refractivity contribution is 6.30. The van der Waals surface area contributed by atoms with E-state index in [2.05, 4.69) is 10.3 Å². The number of rotatable bonds is 7. The SMILES string of the molecule is N#CC1(NC(=O)Cn2c(CCCC(F)(F)F)nc(-c3ccc(Cl)cc3)cc2=O)CC1. The number of aryl methyl sites for hydroxylation is 1. The van der Waals surface area contributed by atoms with Crippen molar-refractivity contribution in [2.75, 3.05) is 0 Å². The van der Waals surface area contributed by atoms with E-state index >= 15 is 0 Å². The van der Waals surface area contributed by atoms with Crippen molar-refractivity contribution >= 4 is 17.5 Å². The molecule has 0 unspecified atom stereocenters. The number of hydrogen-bond donors (Lipinski definition) is 1. The Labute approximate surface area is 175 Å². The minimum Gasteiger partial charge on any atom is -0.336 e. The topological polar surface area (TPSA) is 87.8 Å². The van der Waals surface area contributed by atoms with Crippen molar-refractivity contribution < 1.29 is 18.0 Å². The second-order valence-corrected chi connectivity index (χ2v) is 7.64. The fraction of sp³-hybridized carbons (Fsp3) is 0.400. The number of nitriles is 1. The highest BCUT2D eigenvalue weighted by Crippen LogP contribution is 2.34. The third-order valence-corrected chi connectivity index (χ3v) is 4.98. The standard InChI is InChI=1S/C20H18ClF3N4O2/c21-14-5-3-13(4-6-14)15-10-18(30)28(11-17(29)27-19(12-25)8-9-19)16(26-15)2-1-7-20(22,23)24/h3-6,10H,1-2,7-9,11H2,(H,27,29). The van der Waals surface area contributed by atoms with Crippen LogP contribution in [0.3, 0.4) is 0 Å². The molecule has 10 heteroatoms. The van der Waals surface area contributed by atoms with Gasteiger partial charge in [0.05, 0.1) is 11.8 Å². The van der Waals surface area contributed by atoms with E-state index in [1.807, 2.05) is 6.07 Å². The van der Waals surface area contributed by atoms with Gasteiger partial charge in [-0.25, -0.2) is 4.98 Å².